The number of aliphatic hydroxyl groups excluding tert-OH is 1. The van der Waals surface area contributed by atoms with Gasteiger partial charge in [-0.2, -0.15) is 5.10 Å². The summed E-state index contributed by atoms with van der Waals surface area (Å²) < 4.78 is 12.5. The molecule has 5 heteroatoms. The predicted molar refractivity (Wildman–Crippen MR) is 80.8 cm³/mol. The van der Waals surface area contributed by atoms with Crippen molar-refractivity contribution in [1.29, 1.82) is 0 Å². The molecule has 2 aromatic rings. The van der Waals surface area contributed by atoms with Gasteiger partial charge in [0.25, 0.3) is 0 Å². The quantitative estimate of drug-likeness (QED) is 0.888. The van der Waals surface area contributed by atoms with Crippen molar-refractivity contribution in [2.75, 3.05) is 14.2 Å². The Hall–Kier alpha value is -2.01. The summed E-state index contributed by atoms with van der Waals surface area (Å²) in [5.41, 5.74) is 1.55. The third kappa shape index (κ3) is 3.36. The van der Waals surface area contributed by atoms with E-state index in [1.165, 1.54) is 0 Å². The molecule has 1 unspecified atom stereocenters. The largest absolute Gasteiger partial charge is 0.493 e. The van der Waals surface area contributed by atoms with Crippen molar-refractivity contribution in [2.24, 2.45) is 0 Å². The van der Waals surface area contributed by atoms with Crippen molar-refractivity contribution in [3.63, 3.8) is 0 Å². The van der Waals surface area contributed by atoms with E-state index in [0.717, 1.165) is 5.69 Å². The number of rotatable bonds is 6. The van der Waals surface area contributed by atoms with Crippen LogP contribution in [-0.4, -0.2) is 29.1 Å². The fourth-order valence-corrected chi connectivity index (χ4v) is 2.26. The number of aromatic nitrogens is 2. The average Bonchev–Trinajstić information content (AvgIpc) is 2.94. The van der Waals surface area contributed by atoms with Crippen molar-refractivity contribution in [1.82, 2.24) is 9.78 Å². The molecule has 0 spiro atoms. The Bertz CT molecular complexity index is 593. The zero-order valence-corrected chi connectivity index (χ0v) is 12.9. The molecule has 1 N–H and O–H groups in total. The third-order valence-corrected chi connectivity index (χ3v) is 3.39. The molecule has 0 fully saturated rings. The van der Waals surface area contributed by atoms with Crippen LogP contribution in [0.4, 0.5) is 0 Å². The van der Waals surface area contributed by atoms with Gasteiger partial charge in [0.05, 0.1) is 26.0 Å². The minimum absolute atomic E-state index is 0.308. The van der Waals surface area contributed by atoms with Crippen LogP contribution < -0.4 is 9.47 Å². The van der Waals surface area contributed by atoms with Gasteiger partial charge in [-0.15, -0.1) is 0 Å². The van der Waals surface area contributed by atoms with Crippen LogP contribution in [0.15, 0.2) is 30.5 Å². The summed E-state index contributed by atoms with van der Waals surface area (Å²) in [5.74, 6) is 1.18. The van der Waals surface area contributed by atoms with Gasteiger partial charge in [0.2, 0.25) is 0 Å². The van der Waals surface area contributed by atoms with Crippen LogP contribution in [0.3, 0.4) is 0 Å². The maximum atomic E-state index is 10.5. The highest BCUT2D eigenvalue weighted by Crippen LogP contribution is 2.35. The van der Waals surface area contributed by atoms with Gasteiger partial charge in [-0.1, -0.05) is 12.1 Å². The zero-order valence-electron chi connectivity index (χ0n) is 12.9. The van der Waals surface area contributed by atoms with Crippen LogP contribution in [0.5, 0.6) is 11.5 Å². The number of para-hydroxylation sites is 1. The van der Waals surface area contributed by atoms with Crippen LogP contribution in [0.25, 0.3) is 0 Å². The molecule has 1 atom stereocenters. The molecule has 1 aromatic heterocycles. The van der Waals surface area contributed by atoms with Gasteiger partial charge in [0, 0.05) is 24.2 Å². The van der Waals surface area contributed by atoms with E-state index < -0.39 is 6.10 Å². The fourth-order valence-electron chi connectivity index (χ4n) is 2.26. The smallest absolute Gasteiger partial charge is 0.166 e. The highest BCUT2D eigenvalue weighted by Gasteiger charge is 2.18. The van der Waals surface area contributed by atoms with Gasteiger partial charge in [-0.05, 0) is 26.0 Å². The van der Waals surface area contributed by atoms with Gasteiger partial charge >= 0.3 is 0 Å². The van der Waals surface area contributed by atoms with Gasteiger partial charge in [-0.25, -0.2) is 0 Å². The summed E-state index contributed by atoms with van der Waals surface area (Å²) in [6, 6.07) is 7.72. The Morgan fingerprint density at radius 3 is 2.52 bits per heavy atom. The van der Waals surface area contributed by atoms with Crippen LogP contribution in [-0.2, 0) is 6.42 Å². The van der Waals surface area contributed by atoms with E-state index >= 15 is 0 Å². The first-order valence-electron chi connectivity index (χ1n) is 6.99. The number of aliphatic hydroxyl groups is 1. The Labute approximate surface area is 125 Å². The highest BCUT2D eigenvalue weighted by molar-refractivity contribution is 5.47. The standard InChI is InChI=1S/C16H22N2O3/c1-11(2)18-9-8-12(17-18)10-14(19)13-6-5-7-15(20-3)16(13)21-4/h5-9,11,14,19H,10H2,1-4H3. The number of methoxy groups -OCH3 is 2. The zero-order chi connectivity index (χ0) is 15.4. The van der Waals surface area contributed by atoms with E-state index in [1.54, 1.807) is 14.2 Å². The molecular weight excluding hydrogens is 268 g/mol. The summed E-state index contributed by atoms with van der Waals surface area (Å²) in [7, 11) is 3.15. The van der Waals surface area contributed by atoms with Gasteiger partial charge in [0.1, 0.15) is 0 Å². The second-order valence-electron chi connectivity index (χ2n) is 5.18. The lowest BCUT2D eigenvalue weighted by Gasteiger charge is -2.16. The Morgan fingerprint density at radius 1 is 1.19 bits per heavy atom. The van der Waals surface area contributed by atoms with E-state index in [-0.39, 0.29) is 0 Å². The van der Waals surface area contributed by atoms with E-state index in [4.69, 9.17) is 9.47 Å². The number of nitrogens with zero attached hydrogens (tertiary/aromatic N) is 2. The van der Waals surface area contributed by atoms with Crippen molar-refractivity contribution < 1.29 is 14.6 Å². The lowest BCUT2D eigenvalue weighted by Crippen LogP contribution is -2.07. The minimum atomic E-state index is -0.689. The van der Waals surface area contributed by atoms with Crippen LogP contribution >= 0.6 is 0 Å². The van der Waals surface area contributed by atoms with E-state index in [9.17, 15) is 5.11 Å². The first-order valence-corrected chi connectivity index (χ1v) is 6.99. The summed E-state index contributed by atoms with van der Waals surface area (Å²) in [6.07, 6.45) is 1.67. The topological polar surface area (TPSA) is 56.5 Å². The lowest BCUT2D eigenvalue weighted by atomic mass is 10.0. The molecule has 0 saturated carbocycles. The van der Waals surface area contributed by atoms with Gasteiger partial charge in [0.15, 0.2) is 11.5 Å². The molecule has 5 nitrogen and oxygen atoms in total. The Kier molecular flexibility index (Phi) is 4.85. The highest BCUT2D eigenvalue weighted by atomic mass is 16.5. The molecule has 0 amide bonds. The molecule has 2 rings (SSSR count). The lowest BCUT2D eigenvalue weighted by molar-refractivity contribution is 0.171. The summed E-state index contributed by atoms with van der Waals surface area (Å²) in [4.78, 5) is 0. The molecule has 114 valence electrons. The van der Waals surface area contributed by atoms with E-state index in [1.807, 2.05) is 35.1 Å². The number of benzene rings is 1. The maximum absolute atomic E-state index is 10.5. The van der Waals surface area contributed by atoms with Gasteiger partial charge in [-0.3, -0.25) is 4.68 Å². The molecule has 0 aliphatic heterocycles. The number of hydrogen-bond acceptors (Lipinski definition) is 4. The van der Waals surface area contributed by atoms with Gasteiger partial charge < -0.3 is 14.6 Å². The molecular formula is C16H22N2O3. The molecule has 1 heterocycles. The number of ether oxygens (including phenoxy) is 2. The SMILES string of the molecule is COc1cccc(C(O)Cc2ccn(C(C)C)n2)c1OC. The summed E-state index contributed by atoms with van der Waals surface area (Å²) >= 11 is 0. The molecule has 0 aliphatic rings. The molecule has 0 bridgehead atoms. The summed E-state index contributed by atoms with van der Waals surface area (Å²) in [5, 5.41) is 14.9. The predicted octanol–water partition coefficient (Wildman–Crippen LogP) is 2.76. The van der Waals surface area contributed by atoms with E-state index in [0.29, 0.717) is 29.5 Å². The second kappa shape index (κ2) is 6.63. The Morgan fingerprint density at radius 2 is 1.95 bits per heavy atom. The van der Waals surface area contributed by atoms with Crippen LogP contribution in [0.1, 0.15) is 37.3 Å². The normalized spacial score (nSPS) is 12.5. The van der Waals surface area contributed by atoms with Crippen molar-refractivity contribution in [3.05, 3.63) is 41.7 Å². The minimum Gasteiger partial charge on any atom is -0.493 e. The molecule has 0 aliphatic carbocycles. The Balaban J connectivity index is 2.21. The summed E-state index contributed by atoms with van der Waals surface area (Å²) in [6.45, 7) is 4.14. The van der Waals surface area contributed by atoms with Crippen LogP contribution in [0.2, 0.25) is 0 Å². The van der Waals surface area contributed by atoms with Crippen molar-refractivity contribution in [3.8, 4) is 11.5 Å². The van der Waals surface area contributed by atoms with E-state index in [2.05, 4.69) is 18.9 Å². The fraction of sp³-hybridized carbons (Fsp3) is 0.438. The average molecular weight is 290 g/mol. The maximum Gasteiger partial charge on any atom is 0.166 e. The first-order chi connectivity index (χ1) is 10.1. The third-order valence-electron chi connectivity index (χ3n) is 3.39. The first kappa shape index (κ1) is 15.4. The van der Waals surface area contributed by atoms with Crippen LogP contribution in [0, 0.1) is 0 Å². The molecule has 0 saturated heterocycles. The second-order valence-corrected chi connectivity index (χ2v) is 5.18. The molecule has 0 radical (unpaired) electrons. The van der Waals surface area contributed by atoms with Crippen molar-refractivity contribution in [2.45, 2.75) is 32.4 Å². The van der Waals surface area contributed by atoms with Crippen molar-refractivity contribution >= 4 is 0 Å². The number of hydrogen-bond donors (Lipinski definition) is 1. The molecule has 21 heavy (non-hydrogen) atoms. The molecule has 1 aromatic carbocycles. The monoisotopic (exact) mass is 290 g/mol.